The lowest BCUT2D eigenvalue weighted by molar-refractivity contribution is -0.113. The molecule has 2 aromatic rings. The molecular formula is C13H15N3OS2. The van der Waals surface area contributed by atoms with Crippen LogP contribution in [0.1, 0.15) is 16.1 Å². The summed E-state index contributed by atoms with van der Waals surface area (Å²) in [6.07, 6.45) is 0. The molecule has 1 amide bonds. The minimum absolute atomic E-state index is 0.0545. The zero-order valence-electron chi connectivity index (χ0n) is 11.1. The number of nitrogens with one attached hydrogen (secondary N) is 1. The lowest BCUT2D eigenvalue weighted by Gasteiger charge is -2.06. The van der Waals surface area contributed by atoms with E-state index in [0.717, 1.165) is 9.90 Å². The van der Waals surface area contributed by atoms with Crippen LogP contribution in [-0.2, 0) is 4.79 Å². The van der Waals surface area contributed by atoms with Crippen LogP contribution in [-0.4, -0.2) is 21.9 Å². The van der Waals surface area contributed by atoms with Crippen LogP contribution in [0.3, 0.4) is 0 Å². The lowest BCUT2D eigenvalue weighted by Crippen LogP contribution is -2.13. The molecule has 0 saturated heterocycles. The average molecular weight is 293 g/mol. The van der Waals surface area contributed by atoms with Gasteiger partial charge in [-0.2, -0.15) is 0 Å². The second kappa shape index (κ2) is 6.16. The molecule has 4 nitrogen and oxygen atoms in total. The molecule has 6 heteroatoms. The number of anilines is 1. The van der Waals surface area contributed by atoms with Gasteiger partial charge in [0.2, 0.25) is 11.0 Å². The zero-order chi connectivity index (χ0) is 13.8. The van der Waals surface area contributed by atoms with Gasteiger partial charge in [0.25, 0.3) is 0 Å². The van der Waals surface area contributed by atoms with Crippen molar-refractivity contribution in [3.05, 3.63) is 34.3 Å². The molecule has 2 rings (SSSR count). The van der Waals surface area contributed by atoms with E-state index in [9.17, 15) is 4.79 Å². The summed E-state index contributed by atoms with van der Waals surface area (Å²) in [5.41, 5.74) is 2.43. The molecule has 1 aromatic carbocycles. The quantitative estimate of drug-likeness (QED) is 0.880. The maximum atomic E-state index is 11.8. The van der Waals surface area contributed by atoms with E-state index in [1.165, 1.54) is 34.2 Å². The van der Waals surface area contributed by atoms with Crippen molar-refractivity contribution >= 4 is 34.1 Å². The number of carbonyl (C=O) groups excluding carboxylic acids is 1. The Morgan fingerprint density at radius 3 is 2.74 bits per heavy atom. The van der Waals surface area contributed by atoms with Crippen molar-refractivity contribution < 1.29 is 4.79 Å². The van der Waals surface area contributed by atoms with Crippen LogP contribution < -0.4 is 5.32 Å². The average Bonchev–Trinajstić information content (AvgIpc) is 2.73. The van der Waals surface area contributed by atoms with Crippen molar-refractivity contribution in [3.63, 3.8) is 0 Å². The number of amides is 1. The van der Waals surface area contributed by atoms with Gasteiger partial charge in [0.05, 0.1) is 5.75 Å². The molecule has 0 aliphatic carbocycles. The second-order valence-electron chi connectivity index (χ2n) is 4.23. The van der Waals surface area contributed by atoms with Gasteiger partial charge >= 0.3 is 0 Å². The Hall–Kier alpha value is -1.40. The Kier molecular flexibility index (Phi) is 4.55. The van der Waals surface area contributed by atoms with Crippen molar-refractivity contribution in [2.24, 2.45) is 0 Å². The van der Waals surface area contributed by atoms with Crippen molar-refractivity contribution in [2.75, 3.05) is 11.1 Å². The summed E-state index contributed by atoms with van der Waals surface area (Å²) in [7, 11) is 0. The van der Waals surface area contributed by atoms with Crippen LogP contribution in [0.15, 0.2) is 23.1 Å². The molecule has 1 N–H and O–H groups in total. The van der Waals surface area contributed by atoms with E-state index < -0.39 is 0 Å². The Labute approximate surface area is 120 Å². The number of benzene rings is 1. The third-order valence-electron chi connectivity index (χ3n) is 2.46. The highest BCUT2D eigenvalue weighted by Crippen LogP contribution is 2.23. The maximum absolute atomic E-state index is 11.8. The van der Waals surface area contributed by atoms with Crippen molar-refractivity contribution in [2.45, 2.75) is 25.7 Å². The van der Waals surface area contributed by atoms with Gasteiger partial charge in [-0.15, -0.1) is 22.0 Å². The van der Waals surface area contributed by atoms with Crippen LogP contribution in [0.25, 0.3) is 0 Å². The minimum Gasteiger partial charge on any atom is -0.300 e. The van der Waals surface area contributed by atoms with Gasteiger partial charge in [-0.1, -0.05) is 29.0 Å². The van der Waals surface area contributed by atoms with Crippen LogP contribution >= 0.6 is 23.1 Å². The van der Waals surface area contributed by atoms with Crippen LogP contribution in [0.5, 0.6) is 0 Å². The molecule has 0 bridgehead atoms. The van der Waals surface area contributed by atoms with E-state index in [0.29, 0.717) is 10.9 Å². The predicted molar refractivity (Wildman–Crippen MR) is 79.9 cm³/mol. The normalized spacial score (nSPS) is 10.5. The third kappa shape index (κ3) is 4.04. The highest BCUT2D eigenvalue weighted by Gasteiger charge is 2.08. The molecular weight excluding hydrogens is 278 g/mol. The molecule has 0 unspecified atom stereocenters. The standard InChI is InChI=1S/C13H15N3OS2/c1-8-4-5-11(9(2)6-8)18-7-12(17)14-13-16-15-10(3)19-13/h4-6H,7H2,1-3H3,(H,14,16,17). The maximum Gasteiger partial charge on any atom is 0.236 e. The first-order chi connectivity index (χ1) is 9.04. The molecule has 0 saturated carbocycles. The van der Waals surface area contributed by atoms with Crippen LogP contribution in [0, 0.1) is 20.8 Å². The van der Waals surface area contributed by atoms with E-state index in [2.05, 4.69) is 47.6 Å². The SMILES string of the molecule is Cc1ccc(SCC(=O)Nc2nnc(C)s2)c(C)c1. The summed E-state index contributed by atoms with van der Waals surface area (Å²) in [6.45, 7) is 5.98. The lowest BCUT2D eigenvalue weighted by atomic mass is 10.2. The fourth-order valence-electron chi connectivity index (χ4n) is 1.61. The number of rotatable bonds is 4. The monoisotopic (exact) mass is 293 g/mol. The Morgan fingerprint density at radius 1 is 1.32 bits per heavy atom. The predicted octanol–water partition coefficient (Wildman–Crippen LogP) is 3.19. The summed E-state index contributed by atoms with van der Waals surface area (Å²) in [6, 6.07) is 6.23. The van der Waals surface area contributed by atoms with Gasteiger partial charge in [0.15, 0.2) is 0 Å². The first-order valence-corrected chi connectivity index (χ1v) is 7.65. The van der Waals surface area contributed by atoms with E-state index in [1.54, 1.807) is 0 Å². The minimum atomic E-state index is -0.0545. The zero-order valence-corrected chi connectivity index (χ0v) is 12.7. The molecule has 0 aliphatic heterocycles. The third-order valence-corrected chi connectivity index (χ3v) is 4.39. The molecule has 100 valence electrons. The molecule has 0 fully saturated rings. The van der Waals surface area contributed by atoms with Crippen LogP contribution in [0.4, 0.5) is 5.13 Å². The van der Waals surface area contributed by atoms with Gasteiger partial charge in [-0.25, -0.2) is 0 Å². The molecule has 1 heterocycles. The van der Waals surface area contributed by atoms with E-state index in [4.69, 9.17) is 0 Å². The fraction of sp³-hybridized carbons (Fsp3) is 0.308. The first-order valence-electron chi connectivity index (χ1n) is 5.84. The first kappa shape index (κ1) is 14.0. The fourth-order valence-corrected chi connectivity index (χ4v) is 3.02. The number of nitrogens with zero attached hydrogens (tertiary/aromatic N) is 2. The Morgan fingerprint density at radius 2 is 2.11 bits per heavy atom. The number of carbonyl (C=O) groups is 1. The Balaban J connectivity index is 1.89. The molecule has 0 aliphatic rings. The van der Waals surface area contributed by atoms with Gasteiger partial charge in [0.1, 0.15) is 5.01 Å². The Bertz CT molecular complexity index is 595. The van der Waals surface area contributed by atoms with Gasteiger partial charge < -0.3 is 0 Å². The molecule has 19 heavy (non-hydrogen) atoms. The van der Waals surface area contributed by atoms with Gasteiger partial charge in [0, 0.05) is 4.90 Å². The summed E-state index contributed by atoms with van der Waals surface area (Å²) in [4.78, 5) is 12.9. The summed E-state index contributed by atoms with van der Waals surface area (Å²) < 4.78 is 0. The molecule has 0 radical (unpaired) electrons. The van der Waals surface area contributed by atoms with Crippen molar-refractivity contribution in [1.29, 1.82) is 0 Å². The molecule has 0 atom stereocenters. The van der Waals surface area contributed by atoms with Gasteiger partial charge in [-0.05, 0) is 32.4 Å². The number of hydrogen-bond acceptors (Lipinski definition) is 5. The van der Waals surface area contributed by atoms with Gasteiger partial charge in [-0.3, -0.25) is 10.1 Å². The number of aromatic nitrogens is 2. The summed E-state index contributed by atoms with van der Waals surface area (Å²) >= 11 is 2.91. The number of thioether (sulfide) groups is 1. The van der Waals surface area contributed by atoms with E-state index in [-0.39, 0.29) is 5.91 Å². The van der Waals surface area contributed by atoms with Crippen LogP contribution in [0.2, 0.25) is 0 Å². The number of hydrogen-bond donors (Lipinski definition) is 1. The molecule has 1 aromatic heterocycles. The molecule has 0 spiro atoms. The van der Waals surface area contributed by atoms with Crippen molar-refractivity contribution in [1.82, 2.24) is 10.2 Å². The number of aryl methyl sites for hydroxylation is 3. The van der Waals surface area contributed by atoms with Crippen molar-refractivity contribution in [3.8, 4) is 0 Å². The summed E-state index contributed by atoms with van der Waals surface area (Å²) in [5.74, 6) is 0.323. The highest BCUT2D eigenvalue weighted by molar-refractivity contribution is 8.00. The second-order valence-corrected chi connectivity index (χ2v) is 6.43. The largest absolute Gasteiger partial charge is 0.300 e. The summed E-state index contributed by atoms with van der Waals surface area (Å²) in [5, 5.41) is 11.9. The van der Waals surface area contributed by atoms with E-state index >= 15 is 0 Å². The highest BCUT2D eigenvalue weighted by atomic mass is 32.2. The topological polar surface area (TPSA) is 54.9 Å². The smallest absolute Gasteiger partial charge is 0.236 e. The van der Waals surface area contributed by atoms with E-state index in [1.807, 2.05) is 6.92 Å².